The van der Waals surface area contributed by atoms with Crippen molar-refractivity contribution in [3.05, 3.63) is 29.8 Å². The molecule has 0 amide bonds. The predicted octanol–water partition coefficient (Wildman–Crippen LogP) is 2.49. The van der Waals surface area contributed by atoms with E-state index in [-0.39, 0.29) is 0 Å². The summed E-state index contributed by atoms with van der Waals surface area (Å²) in [4.78, 5) is 10.2. The summed E-state index contributed by atoms with van der Waals surface area (Å²) >= 11 is 0. The summed E-state index contributed by atoms with van der Waals surface area (Å²) in [5, 5.41) is 9.72. The Bertz CT molecular complexity index is 305. The third-order valence-electron chi connectivity index (χ3n) is 2.30. The fourth-order valence-electron chi connectivity index (χ4n) is 1.40. The third kappa shape index (κ3) is 4.03. The monoisotopic (exact) mass is 222 g/mol. The normalized spacial score (nSPS) is 12.1. The van der Waals surface area contributed by atoms with E-state index in [0.717, 1.165) is 24.0 Å². The molecule has 0 saturated heterocycles. The molecule has 0 saturated carbocycles. The lowest BCUT2D eigenvalue weighted by molar-refractivity contribution is -0.108. The summed E-state index contributed by atoms with van der Waals surface area (Å²) in [5.74, 6) is 0.813. The van der Waals surface area contributed by atoms with Gasteiger partial charge < -0.3 is 14.6 Å². The zero-order valence-corrected chi connectivity index (χ0v) is 9.56. The minimum atomic E-state index is -0.564. The van der Waals surface area contributed by atoms with Crippen molar-refractivity contribution in [1.82, 2.24) is 0 Å². The molecule has 1 aromatic rings. The van der Waals surface area contributed by atoms with Crippen molar-refractivity contribution in [2.24, 2.45) is 0 Å². The van der Waals surface area contributed by atoms with Gasteiger partial charge in [-0.15, -0.1) is 0 Å². The summed E-state index contributed by atoms with van der Waals surface area (Å²) in [6.07, 6.45) is 2.09. The molecular formula is C13H18O3. The molecule has 1 N–H and O–H groups in total. The van der Waals surface area contributed by atoms with Crippen LogP contribution in [0.4, 0.5) is 0 Å². The molecule has 0 aliphatic heterocycles. The van der Waals surface area contributed by atoms with E-state index in [1.54, 1.807) is 0 Å². The van der Waals surface area contributed by atoms with E-state index >= 15 is 0 Å². The maximum Gasteiger partial charge on any atom is 0.120 e. The van der Waals surface area contributed by atoms with Crippen LogP contribution in [0.25, 0.3) is 0 Å². The van der Waals surface area contributed by atoms with Crippen LogP contribution in [0.3, 0.4) is 0 Å². The van der Waals surface area contributed by atoms with Gasteiger partial charge in [-0.05, 0) is 30.5 Å². The van der Waals surface area contributed by atoms with Gasteiger partial charge in [0.05, 0.1) is 12.7 Å². The van der Waals surface area contributed by atoms with Crippen molar-refractivity contribution in [2.45, 2.75) is 32.3 Å². The zero-order valence-electron chi connectivity index (χ0n) is 9.56. The first kappa shape index (κ1) is 12.7. The van der Waals surface area contributed by atoms with E-state index in [0.29, 0.717) is 19.4 Å². The van der Waals surface area contributed by atoms with Gasteiger partial charge in [0.15, 0.2) is 0 Å². The number of ether oxygens (including phenoxy) is 1. The maximum absolute atomic E-state index is 10.2. The Hall–Kier alpha value is -1.35. The first-order valence-electron chi connectivity index (χ1n) is 5.62. The second kappa shape index (κ2) is 7.01. The standard InChI is InChI=1S/C13H18O3/c1-2-10-16-12-7-5-11(6-8-12)13(15)4-3-9-14/h5-9,13,15H,2-4,10H2,1H3. The largest absolute Gasteiger partial charge is 0.494 e. The van der Waals surface area contributed by atoms with Crippen LogP contribution in [-0.4, -0.2) is 18.0 Å². The van der Waals surface area contributed by atoms with E-state index in [1.807, 2.05) is 24.3 Å². The van der Waals surface area contributed by atoms with Crippen molar-refractivity contribution in [3.8, 4) is 5.75 Å². The average molecular weight is 222 g/mol. The maximum atomic E-state index is 10.2. The molecule has 0 radical (unpaired) electrons. The lowest BCUT2D eigenvalue weighted by atomic mass is 10.1. The summed E-state index contributed by atoms with van der Waals surface area (Å²) in [7, 11) is 0. The van der Waals surface area contributed by atoms with Gasteiger partial charge in [0, 0.05) is 6.42 Å². The van der Waals surface area contributed by atoms with Gasteiger partial charge in [0.1, 0.15) is 12.0 Å². The molecule has 0 bridgehead atoms. The molecule has 0 aliphatic carbocycles. The van der Waals surface area contributed by atoms with Gasteiger partial charge in [-0.3, -0.25) is 0 Å². The molecule has 0 fully saturated rings. The van der Waals surface area contributed by atoms with Crippen LogP contribution in [0.15, 0.2) is 24.3 Å². The van der Waals surface area contributed by atoms with Gasteiger partial charge in [-0.25, -0.2) is 0 Å². The molecule has 16 heavy (non-hydrogen) atoms. The quantitative estimate of drug-likeness (QED) is 0.721. The topological polar surface area (TPSA) is 46.5 Å². The number of carbonyl (C=O) groups is 1. The highest BCUT2D eigenvalue weighted by Crippen LogP contribution is 2.20. The SMILES string of the molecule is CCCOc1ccc(C(O)CCC=O)cc1. The van der Waals surface area contributed by atoms with Gasteiger partial charge in [0.2, 0.25) is 0 Å². The highest BCUT2D eigenvalue weighted by Gasteiger charge is 2.06. The van der Waals surface area contributed by atoms with Crippen LogP contribution in [0.2, 0.25) is 0 Å². The van der Waals surface area contributed by atoms with Crippen LogP contribution in [0.1, 0.15) is 37.9 Å². The molecule has 0 spiro atoms. The number of benzene rings is 1. The Balaban J connectivity index is 2.52. The van der Waals surface area contributed by atoms with Crippen LogP contribution < -0.4 is 4.74 Å². The minimum absolute atomic E-state index is 0.384. The number of rotatable bonds is 7. The van der Waals surface area contributed by atoms with Crippen molar-refractivity contribution in [3.63, 3.8) is 0 Å². The van der Waals surface area contributed by atoms with Crippen LogP contribution >= 0.6 is 0 Å². The number of aldehydes is 1. The van der Waals surface area contributed by atoms with E-state index in [2.05, 4.69) is 6.92 Å². The van der Waals surface area contributed by atoms with E-state index in [9.17, 15) is 9.90 Å². The van der Waals surface area contributed by atoms with E-state index in [1.165, 1.54) is 0 Å². The summed E-state index contributed by atoms with van der Waals surface area (Å²) in [5.41, 5.74) is 0.825. The molecular weight excluding hydrogens is 204 g/mol. The number of hydrogen-bond donors (Lipinski definition) is 1. The Morgan fingerprint density at radius 2 is 2.06 bits per heavy atom. The third-order valence-corrected chi connectivity index (χ3v) is 2.30. The zero-order chi connectivity index (χ0) is 11.8. The Labute approximate surface area is 96.1 Å². The van der Waals surface area contributed by atoms with Crippen molar-refractivity contribution >= 4 is 6.29 Å². The molecule has 1 atom stereocenters. The molecule has 1 rings (SSSR count). The Morgan fingerprint density at radius 3 is 2.62 bits per heavy atom. The van der Waals surface area contributed by atoms with Crippen LogP contribution in [0, 0.1) is 0 Å². The molecule has 0 heterocycles. The lowest BCUT2D eigenvalue weighted by Crippen LogP contribution is -1.99. The molecule has 3 nitrogen and oxygen atoms in total. The molecule has 88 valence electrons. The van der Waals surface area contributed by atoms with Gasteiger partial charge >= 0.3 is 0 Å². The first-order chi connectivity index (χ1) is 7.77. The summed E-state index contributed by atoms with van der Waals surface area (Å²) in [6, 6.07) is 7.35. The fourth-order valence-corrected chi connectivity index (χ4v) is 1.40. The number of aliphatic hydroxyl groups is 1. The lowest BCUT2D eigenvalue weighted by Gasteiger charge is -2.10. The minimum Gasteiger partial charge on any atom is -0.494 e. The Kier molecular flexibility index (Phi) is 5.57. The predicted molar refractivity (Wildman–Crippen MR) is 62.5 cm³/mol. The molecule has 3 heteroatoms. The highest BCUT2D eigenvalue weighted by molar-refractivity contribution is 5.49. The van der Waals surface area contributed by atoms with E-state index in [4.69, 9.17) is 4.74 Å². The van der Waals surface area contributed by atoms with E-state index < -0.39 is 6.10 Å². The molecule has 1 aromatic carbocycles. The van der Waals surface area contributed by atoms with Crippen LogP contribution in [-0.2, 0) is 4.79 Å². The first-order valence-corrected chi connectivity index (χ1v) is 5.62. The second-order valence-electron chi connectivity index (χ2n) is 3.68. The van der Waals surface area contributed by atoms with Crippen molar-refractivity contribution in [2.75, 3.05) is 6.61 Å². The smallest absolute Gasteiger partial charge is 0.120 e. The number of hydrogen-bond acceptors (Lipinski definition) is 3. The van der Waals surface area contributed by atoms with Crippen LogP contribution in [0.5, 0.6) is 5.75 Å². The van der Waals surface area contributed by atoms with Crippen molar-refractivity contribution < 1.29 is 14.6 Å². The van der Waals surface area contributed by atoms with Gasteiger partial charge in [-0.2, -0.15) is 0 Å². The second-order valence-corrected chi connectivity index (χ2v) is 3.68. The molecule has 1 unspecified atom stereocenters. The molecule has 0 aromatic heterocycles. The fraction of sp³-hybridized carbons (Fsp3) is 0.462. The number of carbonyl (C=O) groups excluding carboxylic acids is 1. The van der Waals surface area contributed by atoms with Gasteiger partial charge in [-0.1, -0.05) is 19.1 Å². The summed E-state index contributed by atoms with van der Waals surface area (Å²) in [6.45, 7) is 2.75. The average Bonchev–Trinajstić information content (AvgIpc) is 2.34. The molecule has 0 aliphatic rings. The summed E-state index contributed by atoms with van der Waals surface area (Å²) < 4.78 is 5.43. The van der Waals surface area contributed by atoms with Gasteiger partial charge in [0.25, 0.3) is 0 Å². The highest BCUT2D eigenvalue weighted by atomic mass is 16.5. The van der Waals surface area contributed by atoms with Crippen molar-refractivity contribution in [1.29, 1.82) is 0 Å². The Morgan fingerprint density at radius 1 is 1.38 bits per heavy atom. The number of aliphatic hydroxyl groups excluding tert-OH is 1.